The summed E-state index contributed by atoms with van der Waals surface area (Å²) >= 11 is 0. The molecule has 10 nitrogen and oxygen atoms in total. The summed E-state index contributed by atoms with van der Waals surface area (Å²) in [5.74, 6) is -3.19. The summed E-state index contributed by atoms with van der Waals surface area (Å²) in [5, 5.41) is 19.0. The second kappa shape index (κ2) is 8.96. The van der Waals surface area contributed by atoms with E-state index in [9.17, 15) is 24.6 Å². The quantitative estimate of drug-likeness (QED) is 0.640. The second-order valence-corrected chi connectivity index (χ2v) is 8.13. The van der Waals surface area contributed by atoms with Gasteiger partial charge in [0.1, 0.15) is 17.7 Å². The van der Waals surface area contributed by atoms with Crippen LogP contribution in [0, 0.1) is 0 Å². The van der Waals surface area contributed by atoms with Crippen molar-refractivity contribution < 1.29 is 38.9 Å². The monoisotopic (exact) mass is 400 g/mol. The first kappa shape index (κ1) is 23.3. The van der Waals surface area contributed by atoms with Crippen molar-refractivity contribution >= 4 is 17.9 Å². The van der Waals surface area contributed by atoms with E-state index in [0.29, 0.717) is 4.73 Å². The highest BCUT2D eigenvalue weighted by atomic mass is 16.7. The van der Waals surface area contributed by atoms with Crippen molar-refractivity contribution in [1.29, 1.82) is 0 Å². The molecule has 2 N–H and O–H groups in total. The number of carbonyl (C=O) groups is 3. The van der Waals surface area contributed by atoms with Crippen LogP contribution in [-0.4, -0.2) is 68.6 Å². The highest BCUT2D eigenvalue weighted by Crippen LogP contribution is 2.18. The molecular weight excluding hydrogens is 372 g/mol. The molecule has 0 saturated heterocycles. The van der Waals surface area contributed by atoms with E-state index in [2.05, 4.69) is 0 Å². The van der Waals surface area contributed by atoms with Crippen molar-refractivity contribution in [3.63, 3.8) is 0 Å². The van der Waals surface area contributed by atoms with Gasteiger partial charge in [-0.1, -0.05) is 0 Å². The van der Waals surface area contributed by atoms with Crippen LogP contribution in [0.1, 0.15) is 41.5 Å². The van der Waals surface area contributed by atoms with Crippen LogP contribution in [0.4, 0.5) is 0 Å². The average molecular weight is 400 g/mol. The van der Waals surface area contributed by atoms with Crippen LogP contribution in [0.15, 0.2) is 12.1 Å². The Bertz CT molecular complexity index is 663. The molecular formula is C18H28N2O8. The van der Waals surface area contributed by atoms with Crippen LogP contribution < -0.4 is 4.84 Å². The van der Waals surface area contributed by atoms with Crippen molar-refractivity contribution in [3.05, 3.63) is 12.1 Å². The molecule has 0 aromatic carbocycles. The Morgan fingerprint density at radius 2 is 1.18 bits per heavy atom. The minimum Gasteiger partial charge on any atom is -0.492 e. The molecule has 28 heavy (non-hydrogen) atoms. The number of aromatic nitrogens is 1. The van der Waals surface area contributed by atoms with Crippen molar-refractivity contribution in [3.8, 4) is 11.8 Å². The normalized spacial score (nSPS) is 12.0. The SMILES string of the molecule is CC(C)(C)OC(=O)CN(CC(=O)On1c(O)ccc1O)CC(=O)OC(C)(C)C. The summed E-state index contributed by atoms with van der Waals surface area (Å²) in [6.07, 6.45) is 0. The fourth-order valence-corrected chi connectivity index (χ4v) is 2.09. The predicted octanol–water partition coefficient (Wildman–Crippen LogP) is 0.840. The second-order valence-electron chi connectivity index (χ2n) is 8.13. The largest absolute Gasteiger partial charge is 0.492 e. The first-order chi connectivity index (χ1) is 12.7. The zero-order chi connectivity index (χ0) is 21.7. The van der Waals surface area contributed by atoms with E-state index in [1.807, 2.05) is 0 Å². The molecule has 0 atom stereocenters. The van der Waals surface area contributed by atoms with E-state index in [4.69, 9.17) is 14.3 Å². The Kier molecular flexibility index (Phi) is 7.45. The molecule has 1 heterocycles. The van der Waals surface area contributed by atoms with E-state index in [-0.39, 0.29) is 13.1 Å². The van der Waals surface area contributed by atoms with Crippen LogP contribution in [-0.2, 0) is 23.9 Å². The number of nitrogens with zero attached hydrogens (tertiary/aromatic N) is 2. The number of esters is 2. The maximum absolute atomic E-state index is 12.1. The van der Waals surface area contributed by atoms with Crippen LogP contribution in [0.25, 0.3) is 0 Å². The Morgan fingerprint density at radius 1 is 0.821 bits per heavy atom. The molecule has 0 bridgehead atoms. The average Bonchev–Trinajstić information content (AvgIpc) is 2.74. The van der Waals surface area contributed by atoms with E-state index < -0.39 is 47.4 Å². The Labute approximate surface area is 163 Å². The van der Waals surface area contributed by atoms with Crippen molar-refractivity contribution in [2.45, 2.75) is 52.7 Å². The zero-order valence-electron chi connectivity index (χ0n) is 17.0. The van der Waals surface area contributed by atoms with Gasteiger partial charge in [-0.15, -0.1) is 4.73 Å². The van der Waals surface area contributed by atoms with Crippen LogP contribution in [0.2, 0.25) is 0 Å². The van der Waals surface area contributed by atoms with Crippen LogP contribution in [0.3, 0.4) is 0 Å². The fourth-order valence-electron chi connectivity index (χ4n) is 2.09. The summed E-state index contributed by atoms with van der Waals surface area (Å²) in [4.78, 5) is 42.4. The van der Waals surface area contributed by atoms with Crippen molar-refractivity contribution in [2.75, 3.05) is 19.6 Å². The number of aromatic hydroxyl groups is 2. The van der Waals surface area contributed by atoms with Gasteiger partial charge in [0.15, 0.2) is 0 Å². The summed E-state index contributed by atoms with van der Waals surface area (Å²) < 4.78 is 10.9. The maximum Gasteiger partial charge on any atom is 0.347 e. The molecule has 0 aliphatic rings. The Balaban J connectivity index is 2.82. The third kappa shape index (κ3) is 8.76. The summed E-state index contributed by atoms with van der Waals surface area (Å²) in [6, 6.07) is 2.25. The highest BCUT2D eigenvalue weighted by molar-refractivity contribution is 5.78. The molecule has 1 rings (SSSR count). The van der Waals surface area contributed by atoms with Gasteiger partial charge in [0.2, 0.25) is 11.8 Å². The lowest BCUT2D eigenvalue weighted by Crippen LogP contribution is -2.43. The van der Waals surface area contributed by atoms with E-state index >= 15 is 0 Å². The van der Waals surface area contributed by atoms with Crippen LogP contribution >= 0.6 is 0 Å². The molecule has 158 valence electrons. The Hall–Kier alpha value is -2.75. The molecule has 0 fully saturated rings. The zero-order valence-corrected chi connectivity index (χ0v) is 17.0. The molecule has 0 saturated carbocycles. The first-order valence-corrected chi connectivity index (χ1v) is 8.63. The van der Waals surface area contributed by atoms with E-state index in [1.54, 1.807) is 41.5 Å². The third-order valence-electron chi connectivity index (χ3n) is 2.89. The van der Waals surface area contributed by atoms with Gasteiger partial charge in [-0.05, 0) is 41.5 Å². The third-order valence-corrected chi connectivity index (χ3v) is 2.89. The molecule has 0 aliphatic carbocycles. The number of hydrogen-bond donors (Lipinski definition) is 2. The van der Waals surface area contributed by atoms with Gasteiger partial charge >= 0.3 is 17.9 Å². The molecule has 10 heteroatoms. The molecule has 0 radical (unpaired) electrons. The van der Waals surface area contributed by atoms with Gasteiger partial charge in [0, 0.05) is 12.1 Å². The van der Waals surface area contributed by atoms with Gasteiger partial charge < -0.3 is 24.5 Å². The minimum atomic E-state index is -0.922. The van der Waals surface area contributed by atoms with Crippen molar-refractivity contribution in [2.24, 2.45) is 0 Å². The van der Waals surface area contributed by atoms with E-state index in [0.717, 1.165) is 12.1 Å². The minimum absolute atomic E-state index is 0.366. The molecule has 1 aromatic rings. The lowest BCUT2D eigenvalue weighted by molar-refractivity contribution is -0.161. The molecule has 1 aromatic heterocycles. The van der Waals surface area contributed by atoms with Crippen molar-refractivity contribution in [1.82, 2.24) is 9.63 Å². The number of ether oxygens (including phenoxy) is 2. The van der Waals surface area contributed by atoms with Gasteiger partial charge in [0.25, 0.3) is 0 Å². The van der Waals surface area contributed by atoms with Gasteiger partial charge in [0.05, 0.1) is 13.1 Å². The topological polar surface area (TPSA) is 128 Å². The smallest absolute Gasteiger partial charge is 0.347 e. The molecule has 0 spiro atoms. The summed E-state index contributed by atoms with van der Waals surface area (Å²) in [6.45, 7) is 8.91. The van der Waals surface area contributed by atoms with Crippen LogP contribution in [0.5, 0.6) is 11.8 Å². The fraction of sp³-hybridized carbons (Fsp3) is 0.611. The molecule has 0 aliphatic heterocycles. The predicted molar refractivity (Wildman–Crippen MR) is 97.5 cm³/mol. The lowest BCUT2D eigenvalue weighted by atomic mass is 10.2. The van der Waals surface area contributed by atoms with E-state index in [1.165, 1.54) is 4.90 Å². The standard InChI is InChI=1S/C18H28N2O8/c1-17(2,3)26-14(23)9-19(10-15(24)27-18(4,5)6)11-16(25)28-20-12(21)7-8-13(20)22/h7-8,21-22H,9-11H2,1-6H3. The van der Waals surface area contributed by atoms with Gasteiger partial charge in [-0.3, -0.25) is 14.5 Å². The summed E-state index contributed by atoms with van der Waals surface area (Å²) in [5.41, 5.74) is -1.48. The molecule has 0 unspecified atom stereocenters. The maximum atomic E-state index is 12.1. The van der Waals surface area contributed by atoms with Gasteiger partial charge in [-0.25, -0.2) is 4.79 Å². The summed E-state index contributed by atoms with van der Waals surface area (Å²) in [7, 11) is 0. The number of rotatable bonds is 7. The molecule has 0 amide bonds. The number of carbonyl (C=O) groups excluding carboxylic acids is 3. The number of hydrogen-bond acceptors (Lipinski definition) is 9. The van der Waals surface area contributed by atoms with Gasteiger partial charge in [-0.2, -0.15) is 0 Å². The highest BCUT2D eigenvalue weighted by Gasteiger charge is 2.26. The lowest BCUT2D eigenvalue weighted by Gasteiger charge is -2.25. The first-order valence-electron chi connectivity index (χ1n) is 8.63. The Morgan fingerprint density at radius 3 is 1.54 bits per heavy atom.